The topological polar surface area (TPSA) is 47.4 Å². The van der Waals surface area contributed by atoms with Crippen LogP contribution in [0.1, 0.15) is 45.6 Å². The van der Waals surface area contributed by atoms with E-state index in [0.717, 1.165) is 31.6 Å². The van der Waals surface area contributed by atoms with Crippen LogP contribution in [0.5, 0.6) is 0 Å². The number of ether oxygens (including phenoxy) is 1. The van der Waals surface area contributed by atoms with Gasteiger partial charge in [-0.05, 0) is 46.1 Å². The van der Waals surface area contributed by atoms with Crippen molar-refractivity contribution < 1.29 is 9.53 Å². The van der Waals surface area contributed by atoms with Crippen LogP contribution >= 0.6 is 0 Å². The molecule has 1 aromatic heterocycles. The number of carbonyl (C=O) groups excluding carboxylic acids is 1. The Morgan fingerprint density at radius 2 is 2.33 bits per heavy atom. The molecule has 0 saturated carbocycles. The van der Waals surface area contributed by atoms with Crippen LogP contribution in [0, 0.1) is 6.92 Å². The average molecular weight is 293 g/mol. The van der Waals surface area contributed by atoms with Gasteiger partial charge in [0, 0.05) is 38.4 Å². The normalized spacial score (nSPS) is 21.2. The first-order valence-corrected chi connectivity index (χ1v) is 7.84. The van der Waals surface area contributed by atoms with Crippen molar-refractivity contribution in [3.8, 4) is 0 Å². The molecule has 0 N–H and O–H groups in total. The summed E-state index contributed by atoms with van der Waals surface area (Å²) in [5.41, 5.74) is 0.997. The summed E-state index contributed by atoms with van der Waals surface area (Å²) >= 11 is 0. The van der Waals surface area contributed by atoms with Gasteiger partial charge < -0.3 is 9.64 Å². The van der Waals surface area contributed by atoms with Crippen LogP contribution in [0.3, 0.4) is 0 Å². The van der Waals surface area contributed by atoms with Crippen molar-refractivity contribution >= 4 is 5.91 Å². The Bertz CT molecular complexity index is 482. The lowest BCUT2D eigenvalue weighted by Gasteiger charge is -2.41. The number of aryl methyl sites for hydroxylation is 2. The molecule has 2 heterocycles. The maximum Gasteiger partial charge on any atom is 0.224 e. The van der Waals surface area contributed by atoms with Crippen molar-refractivity contribution in [1.29, 1.82) is 0 Å². The van der Waals surface area contributed by atoms with E-state index < -0.39 is 0 Å². The summed E-state index contributed by atoms with van der Waals surface area (Å²) in [4.78, 5) is 14.5. The van der Waals surface area contributed by atoms with Crippen molar-refractivity contribution in [3.05, 3.63) is 18.0 Å². The SMILES string of the molecule is CCN(C(=O)CCn1cc(C)cn1)[C@@H]1CCOC(C)(C)C1. The molecule has 0 aliphatic carbocycles. The third-order valence-electron chi connectivity index (χ3n) is 4.09. The van der Waals surface area contributed by atoms with Crippen LogP contribution in [-0.4, -0.2) is 45.4 Å². The number of rotatable bonds is 5. The van der Waals surface area contributed by atoms with Crippen molar-refractivity contribution in [2.75, 3.05) is 13.2 Å². The lowest BCUT2D eigenvalue weighted by Crippen LogP contribution is -2.48. The van der Waals surface area contributed by atoms with Crippen LogP contribution in [0.15, 0.2) is 12.4 Å². The van der Waals surface area contributed by atoms with Crippen LogP contribution in [0.4, 0.5) is 0 Å². The van der Waals surface area contributed by atoms with E-state index in [1.54, 1.807) is 0 Å². The third kappa shape index (κ3) is 4.30. The zero-order valence-electron chi connectivity index (χ0n) is 13.6. The Hall–Kier alpha value is -1.36. The predicted molar refractivity (Wildman–Crippen MR) is 82.0 cm³/mol. The first-order chi connectivity index (χ1) is 9.91. The van der Waals surface area contributed by atoms with E-state index in [-0.39, 0.29) is 11.5 Å². The van der Waals surface area contributed by atoms with Gasteiger partial charge in [-0.2, -0.15) is 5.10 Å². The summed E-state index contributed by atoms with van der Waals surface area (Å²) in [5, 5.41) is 4.23. The molecule has 1 aliphatic heterocycles. The molecular weight excluding hydrogens is 266 g/mol. The van der Waals surface area contributed by atoms with Gasteiger partial charge in [0.05, 0.1) is 11.8 Å². The molecule has 0 aromatic carbocycles. The molecule has 1 amide bonds. The fourth-order valence-electron chi connectivity index (χ4n) is 3.05. The minimum absolute atomic E-state index is 0.129. The molecule has 1 aromatic rings. The van der Waals surface area contributed by atoms with E-state index in [9.17, 15) is 4.79 Å². The quantitative estimate of drug-likeness (QED) is 0.837. The molecular formula is C16H27N3O2. The first kappa shape index (κ1) is 16.0. The van der Waals surface area contributed by atoms with Crippen molar-refractivity contribution in [2.45, 2.75) is 65.1 Å². The van der Waals surface area contributed by atoms with Gasteiger partial charge >= 0.3 is 0 Å². The summed E-state index contributed by atoms with van der Waals surface area (Å²) in [6.45, 7) is 10.4. The number of aromatic nitrogens is 2. The molecule has 2 rings (SSSR count). The van der Waals surface area contributed by atoms with Gasteiger partial charge in [-0.25, -0.2) is 0 Å². The van der Waals surface area contributed by atoms with Crippen molar-refractivity contribution in [2.24, 2.45) is 0 Å². The van der Waals surface area contributed by atoms with Gasteiger partial charge in [-0.1, -0.05) is 0 Å². The highest BCUT2D eigenvalue weighted by atomic mass is 16.5. The Labute approximate surface area is 127 Å². The van der Waals surface area contributed by atoms with Crippen LogP contribution in [-0.2, 0) is 16.1 Å². The van der Waals surface area contributed by atoms with E-state index in [0.29, 0.717) is 19.0 Å². The highest BCUT2D eigenvalue weighted by Gasteiger charge is 2.33. The fourth-order valence-corrected chi connectivity index (χ4v) is 3.05. The fraction of sp³-hybridized carbons (Fsp3) is 0.750. The maximum atomic E-state index is 12.5. The molecule has 1 saturated heterocycles. The van der Waals surface area contributed by atoms with E-state index in [1.807, 2.05) is 28.9 Å². The Morgan fingerprint density at radius 1 is 1.57 bits per heavy atom. The monoisotopic (exact) mass is 293 g/mol. The van der Waals surface area contributed by atoms with Gasteiger partial charge in [-0.3, -0.25) is 9.48 Å². The molecule has 1 atom stereocenters. The number of nitrogens with zero attached hydrogens (tertiary/aromatic N) is 3. The smallest absolute Gasteiger partial charge is 0.224 e. The highest BCUT2D eigenvalue weighted by Crippen LogP contribution is 2.27. The van der Waals surface area contributed by atoms with Crippen LogP contribution < -0.4 is 0 Å². The molecule has 0 radical (unpaired) electrons. The number of hydrogen-bond acceptors (Lipinski definition) is 3. The Morgan fingerprint density at radius 3 is 2.90 bits per heavy atom. The van der Waals surface area contributed by atoms with Gasteiger partial charge in [0.15, 0.2) is 0 Å². The molecule has 1 fully saturated rings. The zero-order chi connectivity index (χ0) is 15.5. The summed E-state index contributed by atoms with van der Waals surface area (Å²) in [7, 11) is 0. The van der Waals surface area contributed by atoms with E-state index >= 15 is 0 Å². The average Bonchev–Trinajstić information content (AvgIpc) is 2.82. The largest absolute Gasteiger partial charge is 0.375 e. The summed E-state index contributed by atoms with van der Waals surface area (Å²) in [6.07, 6.45) is 6.15. The lowest BCUT2D eigenvalue weighted by molar-refractivity contribution is -0.140. The Kier molecular flexibility index (Phi) is 5.04. The number of amides is 1. The predicted octanol–water partition coefficient (Wildman–Crippen LogP) is 2.39. The standard InChI is InChI=1S/C16H27N3O2/c1-5-19(14-7-9-21-16(3,4)10-14)15(20)6-8-18-12-13(2)11-17-18/h11-12,14H,5-10H2,1-4H3/t14-/m1/s1. The maximum absolute atomic E-state index is 12.5. The second kappa shape index (κ2) is 6.60. The zero-order valence-corrected chi connectivity index (χ0v) is 13.6. The number of carbonyl (C=O) groups is 1. The van der Waals surface area contributed by atoms with Crippen molar-refractivity contribution in [3.63, 3.8) is 0 Å². The minimum Gasteiger partial charge on any atom is -0.375 e. The first-order valence-electron chi connectivity index (χ1n) is 7.84. The summed E-state index contributed by atoms with van der Waals surface area (Å²) in [5.74, 6) is 0.216. The van der Waals surface area contributed by atoms with Gasteiger partial charge in [-0.15, -0.1) is 0 Å². The third-order valence-corrected chi connectivity index (χ3v) is 4.09. The minimum atomic E-state index is -0.129. The molecule has 0 spiro atoms. The molecule has 0 bridgehead atoms. The van der Waals surface area contributed by atoms with E-state index in [4.69, 9.17) is 4.74 Å². The molecule has 118 valence electrons. The second-order valence-corrected chi connectivity index (χ2v) is 6.47. The van der Waals surface area contributed by atoms with Gasteiger partial charge in [0.1, 0.15) is 0 Å². The molecule has 21 heavy (non-hydrogen) atoms. The molecule has 5 nitrogen and oxygen atoms in total. The van der Waals surface area contributed by atoms with Gasteiger partial charge in [0.2, 0.25) is 5.91 Å². The summed E-state index contributed by atoms with van der Waals surface area (Å²) in [6, 6.07) is 0.297. The lowest BCUT2D eigenvalue weighted by atomic mass is 9.92. The van der Waals surface area contributed by atoms with Crippen LogP contribution in [0.2, 0.25) is 0 Å². The molecule has 5 heteroatoms. The van der Waals surface area contributed by atoms with Crippen molar-refractivity contribution in [1.82, 2.24) is 14.7 Å². The summed E-state index contributed by atoms with van der Waals surface area (Å²) < 4.78 is 7.59. The van der Waals surface area contributed by atoms with Gasteiger partial charge in [0.25, 0.3) is 0 Å². The van der Waals surface area contributed by atoms with E-state index in [2.05, 4.69) is 25.9 Å². The Balaban J connectivity index is 1.92. The van der Waals surface area contributed by atoms with Crippen LogP contribution in [0.25, 0.3) is 0 Å². The van der Waals surface area contributed by atoms with E-state index in [1.165, 1.54) is 0 Å². The number of hydrogen-bond donors (Lipinski definition) is 0. The second-order valence-electron chi connectivity index (χ2n) is 6.47. The molecule has 0 unspecified atom stereocenters. The highest BCUT2D eigenvalue weighted by molar-refractivity contribution is 5.76. The molecule has 1 aliphatic rings.